The van der Waals surface area contributed by atoms with Crippen molar-refractivity contribution < 1.29 is 18.3 Å². The van der Waals surface area contributed by atoms with Gasteiger partial charge in [-0.15, -0.1) is 0 Å². The fourth-order valence-corrected chi connectivity index (χ4v) is 2.28. The molecule has 0 aliphatic carbocycles. The smallest absolute Gasteiger partial charge is 0.305 e. The normalized spacial score (nSPS) is 10.4. The molecular weight excluding hydrogens is 332 g/mol. The lowest BCUT2D eigenvalue weighted by molar-refractivity contribution is -0.143. The first-order chi connectivity index (χ1) is 9.54. The van der Waals surface area contributed by atoms with Crippen LogP contribution in [0.5, 0.6) is 0 Å². The van der Waals surface area contributed by atoms with Crippen LogP contribution in [-0.4, -0.2) is 19.1 Å². The summed E-state index contributed by atoms with van der Waals surface area (Å²) in [5.41, 5.74) is 0.261. The van der Waals surface area contributed by atoms with Gasteiger partial charge < -0.3 is 10.1 Å². The third-order valence-corrected chi connectivity index (χ3v) is 3.30. The lowest BCUT2D eigenvalue weighted by Gasteiger charge is -2.09. The first kappa shape index (κ1) is 16.9. The minimum Gasteiger partial charge on any atom is -0.466 e. The van der Waals surface area contributed by atoms with Crippen molar-refractivity contribution in [2.45, 2.75) is 32.6 Å². The van der Waals surface area contributed by atoms with Gasteiger partial charge in [-0.25, -0.2) is 8.78 Å². The van der Waals surface area contributed by atoms with Gasteiger partial charge in [-0.1, -0.05) is 6.42 Å². The van der Waals surface area contributed by atoms with Gasteiger partial charge in [0.05, 0.1) is 12.3 Å². The van der Waals surface area contributed by atoms with Gasteiger partial charge in [0.15, 0.2) is 0 Å². The van der Waals surface area contributed by atoms with Crippen LogP contribution < -0.4 is 5.32 Å². The van der Waals surface area contributed by atoms with Gasteiger partial charge in [0, 0.05) is 23.5 Å². The zero-order chi connectivity index (χ0) is 15.0. The van der Waals surface area contributed by atoms with E-state index in [0.717, 1.165) is 25.3 Å². The van der Waals surface area contributed by atoms with E-state index in [-0.39, 0.29) is 11.7 Å². The first-order valence-corrected chi connectivity index (χ1v) is 7.38. The fraction of sp³-hybridized carbons (Fsp3) is 0.500. The minimum absolute atomic E-state index is 0.187. The van der Waals surface area contributed by atoms with Gasteiger partial charge in [-0.2, -0.15) is 0 Å². The van der Waals surface area contributed by atoms with Crippen LogP contribution in [0.15, 0.2) is 16.6 Å². The molecule has 0 radical (unpaired) electrons. The van der Waals surface area contributed by atoms with Crippen LogP contribution in [0.2, 0.25) is 0 Å². The standard InChI is InChI=1S/C14H18BrF2NO2/c1-2-20-13(19)6-4-3-5-7-18-14-11(15)8-10(16)9-12(14)17/h8-9,18H,2-7H2,1H3. The van der Waals surface area contributed by atoms with Crippen molar-refractivity contribution >= 4 is 27.6 Å². The molecule has 1 N–H and O–H groups in total. The quantitative estimate of drug-likeness (QED) is 0.562. The Hall–Kier alpha value is -1.17. The molecule has 0 spiro atoms. The van der Waals surface area contributed by atoms with E-state index in [0.29, 0.717) is 24.0 Å². The molecule has 20 heavy (non-hydrogen) atoms. The Morgan fingerprint density at radius 1 is 1.30 bits per heavy atom. The largest absolute Gasteiger partial charge is 0.466 e. The molecular formula is C14H18BrF2NO2. The van der Waals surface area contributed by atoms with Crippen molar-refractivity contribution in [2.75, 3.05) is 18.5 Å². The van der Waals surface area contributed by atoms with E-state index in [2.05, 4.69) is 21.2 Å². The van der Waals surface area contributed by atoms with Gasteiger partial charge in [-0.05, 0) is 41.8 Å². The molecule has 0 aliphatic rings. The molecule has 0 unspecified atom stereocenters. The molecule has 1 aromatic rings. The van der Waals surface area contributed by atoms with Crippen LogP contribution >= 0.6 is 15.9 Å². The number of rotatable bonds is 8. The van der Waals surface area contributed by atoms with Crippen molar-refractivity contribution in [3.8, 4) is 0 Å². The van der Waals surface area contributed by atoms with Crippen LogP contribution in [0.4, 0.5) is 14.5 Å². The van der Waals surface area contributed by atoms with Crippen LogP contribution in [0.1, 0.15) is 32.6 Å². The van der Waals surface area contributed by atoms with Crippen LogP contribution in [0, 0.1) is 11.6 Å². The highest BCUT2D eigenvalue weighted by molar-refractivity contribution is 9.10. The maximum atomic E-state index is 13.5. The highest BCUT2D eigenvalue weighted by Crippen LogP contribution is 2.26. The zero-order valence-electron chi connectivity index (χ0n) is 11.3. The number of carbonyl (C=O) groups excluding carboxylic acids is 1. The maximum absolute atomic E-state index is 13.5. The summed E-state index contributed by atoms with van der Waals surface area (Å²) in [7, 11) is 0. The number of anilines is 1. The number of nitrogens with one attached hydrogen (secondary N) is 1. The van der Waals surface area contributed by atoms with E-state index in [1.165, 1.54) is 6.07 Å². The molecule has 0 fully saturated rings. The molecule has 0 atom stereocenters. The summed E-state index contributed by atoms with van der Waals surface area (Å²) in [5, 5.41) is 2.92. The lowest BCUT2D eigenvalue weighted by Crippen LogP contribution is -2.06. The van der Waals surface area contributed by atoms with E-state index in [9.17, 15) is 13.6 Å². The number of unbranched alkanes of at least 4 members (excludes halogenated alkanes) is 2. The SMILES string of the molecule is CCOC(=O)CCCCCNc1c(F)cc(F)cc1Br. The Morgan fingerprint density at radius 2 is 2.05 bits per heavy atom. The summed E-state index contributed by atoms with van der Waals surface area (Å²) in [6, 6.07) is 2.06. The van der Waals surface area contributed by atoms with E-state index >= 15 is 0 Å². The maximum Gasteiger partial charge on any atom is 0.305 e. The molecule has 0 saturated carbocycles. The number of carbonyl (C=O) groups is 1. The third-order valence-electron chi connectivity index (χ3n) is 2.67. The van der Waals surface area contributed by atoms with E-state index < -0.39 is 11.6 Å². The van der Waals surface area contributed by atoms with Crippen LogP contribution in [0.3, 0.4) is 0 Å². The molecule has 3 nitrogen and oxygen atoms in total. The number of hydrogen-bond acceptors (Lipinski definition) is 3. The monoisotopic (exact) mass is 349 g/mol. The van der Waals surface area contributed by atoms with Crippen molar-refractivity contribution in [3.63, 3.8) is 0 Å². The zero-order valence-corrected chi connectivity index (χ0v) is 12.9. The van der Waals surface area contributed by atoms with Gasteiger partial charge in [0.1, 0.15) is 11.6 Å². The highest BCUT2D eigenvalue weighted by Gasteiger charge is 2.08. The second-order valence-electron chi connectivity index (χ2n) is 4.29. The van der Waals surface area contributed by atoms with Gasteiger partial charge in [-0.3, -0.25) is 4.79 Å². The summed E-state index contributed by atoms with van der Waals surface area (Å²) in [4.78, 5) is 11.1. The summed E-state index contributed by atoms with van der Waals surface area (Å²) >= 11 is 3.11. The number of hydrogen-bond donors (Lipinski definition) is 1. The number of ether oxygens (including phenoxy) is 1. The van der Waals surface area contributed by atoms with Crippen molar-refractivity contribution in [1.82, 2.24) is 0 Å². The van der Waals surface area contributed by atoms with Gasteiger partial charge in [0.2, 0.25) is 0 Å². The second-order valence-corrected chi connectivity index (χ2v) is 5.14. The van der Waals surface area contributed by atoms with Crippen LogP contribution in [0.25, 0.3) is 0 Å². The summed E-state index contributed by atoms with van der Waals surface area (Å²) in [6.45, 7) is 2.74. The average Bonchev–Trinajstić information content (AvgIpc) is 2.36. The molecule has 112 valence electrons. The van der Waals surface area contributed by atoms with Gasteiger partial charge in [0.25, 0.3) is 0 Å². The summed E-state index contributed by atoms with van der Waals surface area (Å²) in [5.74, 6) is -1.43. The Labute approximate surface area is 125 Å². The Bertz CT molecular complexity index is 432. The Kier molecular flexibility index (Phi) is 7.51. The minimum atomic E-state index is -0.622. The molecule has 1 rings (SSSR count). The number of benzene rings is 1. The molecule has 1 aromatic carbocycles. The van der Waals surface area contributed by atoms with E-state index in [1.54, 1.807) is 6.92 Å². The van der Waals surface area contributed by atoms with E-state index in [1.807, 2.05) is 0 Å². The molecule has 0 aromatic heterocycles. The molecule has 0 saturated heterocycles. The van der Waals surface area contributed by atoms with E-state index in [4.69, 9.17) is 4.74 Å². The van der Waals surface area contributed by atoms with Gasteiger partial charge >= 0.3 is 5.97 Å². The number of halogens is 3. The molecule has 6 heteroatoms. The summed E-state index contributed by atoms with van der Waals surface area (Å²) in [6.07, 6.45) is 2.78. The number of esters is 1. The molecule has 0 amide bonds. The van der Waals surface area contributed by atoms with Crippen LogP contribution in [-0.2, 0) is 9.53 Å². The predicted octanol–water partition coefficient (Wildman–Crippen LogP) is 4.26. The Morgan fingerprint density at radius 3 is 2.70 bits per heavy atom. The third kappa shape index (κ3) is 5.86. The predicted molar refractivity (Wildman–Crippen MR) is 77.6 cm³/mol. The highest BCUT2D eigenvalue weighted by atomic mass is 79.9. The van der Waals surface area contributed by atoms with Crippen molar-refractivity contribution in [1.29, 1.82) is 0 Å². The lowest BCUT2D eigenvalue weighted by atomic mass is 10.2. The Balaban J connectivity index is 2.23. The average molecular weight is 350 g/mol. The first-order valence-electron chi connectivity index (χ1n) is 6.58. The molecule has 0 bridgehead atoms. The fourth-order valence-electron chi connectivity index (χ4n) is 1.73. The molecule has 0 aliphatic heterocycles. The second kappa shape index (κ2) is 8.89. The van der Waals surface area contributed by atoms with Crippen molar-refractivity contribution in [2.24, 2.45) is 0 Å². The van der Waals surface area contributed by atoms with Crippen molar-refractivity contribution in [3.05, 3.63) is 28.2 Å². The molecule has 0 heterocycles. The summed E-state index contributed by atoms with van der Waals surface area (Å²) < 4.78 is 31.6. The topological polar surface area (TPSA) is 38.3 Å².